The molecule has 0 fully saturated rings. The number of thioether (sulfide) groups is 1. The maximum absolute atomic E-state index is 4.99. The van der Waals surface area contributed by atoms with Gasteiger partial charge in [-0.3, -0.25) is 5.10 Å². The summed E-state index contributed by atoms with van der Waals surface area (Å²) in [6, 6.07) is 8.43. The van der Waals surface area contributed by atoms with Gasteiger partial charge in [-0.25, -0.2) is 0 Å². The zero-order valence-corrected chi connectivity index (χ0v) is 11.6. The number of aromatic nitrogens is 2. The van der Waals surface area contributed by atoms with E-state index in [-0.39, 0.29) is 0 Å². The average Bonchev–Trinajstić information content (AvgIpc) is 2.75. The van der Waals surface area contributed by atoms with E-state index in [4.69, 9.17) is 12.2 Å². The summed E-state index contributed by atoms with van der Waals surface area (Å²) in [5, 5.41) is 6.90. The molecule has 1 heterocycles. The zero-order chi connectivity index (χ0) is 12.1. The lowest BCUT2D eigenvalue weighted by Gasteiger charge is -2.01. The third-order valence-corrected chi connectivity index (χ3v) is 4.46. The molecule has 88 valence electrons. The van der Waals surface area contributed by atoms with E-state index in [1.54, 1.807) is 11.8 Å². The van der Waals surface area contributed by atoms with Crippen LogP contribution in [0.2, 0.25) is 0 Å². The molecule has 0 atom stereocenters. The highest BCUT2D eigenvalue weighted by molar-refractivity contribution is 8.01. The van der Waals surface area contributed by atoms with Gasteiger partial charge in [0.15, 0.2) is 8.29 Å². The molecule has 5 heteroatoms. The van der Waals surface area contributed by atoms with Crippen molar-refractivity contribution in [3.05, 3.63) is 45.9 Å². The highest BCUT2D eigenvalue weighted by Gasteiger charge is 1.99. The van der Waals surface area contributed by atoms with Crippen molar-refractivity contribution in [1.29, 1.82) is 0 Å². The molecule has 2 nitrogen and oxygen atoms in total. The summed E-state index contributed by atoms with van der Waals surface area (Å²) in [7, 11) is 0. The van der Waals surface area contributed by atoms with Gasteiger partial charge in [0, 0.05) is 5.75 Å². The minimum atomic E-state index is 0.737. The van der Waals surface area contributed by atoms with Crippen molar-refractivity contribution in [3.63, 3.8) is 0 Å². The van der Waals surface area contributed by atoms with Crippen LogP contribution >= 0.6 is 35.3 Å². The number of aryl methyl sites for hydroxylation is 1. The van der Waals surface area contributed by atoms with Crippen LogP contribution in [0.4, 0.5) is 0 Å². The second-order valence-corrected chi connectivity index (χ2v) is 6.43. The van der Waals surface area contributed by atoms with Gasteiger partial charge in [-0.05, 0) is 29.8 Å². The van der Waals surface area contributed by atoms with E-state index in [9.17, 15) is 0 Å². The first-order valence-electron chi connectivity index (χ1n) is 5.17. The van der Waals surface area contributed by atoms with Crippen LogP contribution in [0.25, 0.3) is 6.08 Å². The monoisotopic (exact) mass is 280 g/mol. The van der Waals surface area contributed by atoms with Crippen LogP contribution < -0.4 is 0 Å². The van der Waals surface area contributed by atoms with Crippen molar-refractivity contribution in [1.82, 2.24) is 10.2 Å². The molecule has 0 spiro atoms. The summed E-state index contributed by atoms with van der Waals surface area (Å²) in [6.07, 6.45) is 2.90. The molecule has 0 bridgehead atoms. The summed E-state index contributed by atoms with van der Waals surface area (Å²) in [4.78, 5) is 0. The first-order chi connectivity index (χ1) is 8.28. The standard InChI is InChI=1S/C12H12N2S3/c1-2-9-4-3-5-10(8-9)6-7-16-12-14-13-11(15)17-12/h2-5,8H,1,6-7H2,(H,13,15). The molecule has 1 N–H and O–H groups in total. The molecule has 0 amide bonds. The Hall–Kier alpha value is -0.910. The normalized spacial score (nSPS) is 10.4. The van der Waals surface area contributed by atoms with E-state index in [0.29, 0.717) is 0 Å². The number of rotatable bonds is 5. The molecule has 1 aromatic heterocycles. The summed E-state index contributed by atoms with van der Waals surface area (Å²) in [5.74, 6) is 1.01. The molecule has 17 heavy (non-hydrogen) atoms. The second-order valence-electron chi connectivity index (χ2n) is 3.43. The largest absolute Gasteiger partial charge is 0.257 e. The van der Waals surface area contributed by atoms with Crippen molar-refractivity contribution in [2.75, 3.05) is 5.75 Å². The molecule has 2 aromatic rings. The Bertz CT molecular complexity index is 557. The summed E-state index contributed by atoms with van der Waals surface area (Å²) in [5.41, 5.74) is 2.50. The number of aromatic amines is 1. The predicted molar refractivity (Wildman–Crippen MR) is 78.3 cm³/mol. The van der Waals surface area contributed by atoms with Crippen molar-refractivity contribution in [2.45, 2.75) is 10.8 Å². The molecule has 1 aromatic carbocycles. The Labute approximate surface area is 114 Å². The zero-order valence-electron chi connectivity index (χ0n) is 9.18. The van der Waals surface area contributed by atoms with Crippen LogP contribution in [0.1, 0.15) is 11.1 Å². The summed E-state index contributed by atoms with van der Waals surface area (Å²) < 4.78 is 1.75. The van der Waals surface area contributed by atoms with E-state index in [1.807, 2.05) is 6.08 Å². The van der Waals surface area contributed by atoms with Gasteiger partial charge in [-0.15, -0.1) is 0 Å². The van der Waals surface area contributed by atoms with E-state index in [0.717, 1.165) is 20.5 Å². The fourth-order valence-electron chi connectivity index (χ4n) is 1.41. The van der Waals surface area contributed by atoms with E-state index < -0.39 is 0 Å². The van der Waals surface area contributed by atoms with Gasteiger partial charge in [0.2, 0.25) is 0 Å². The molecule has 2 rings (SSSR count). The average molecular weight is 280 g/mol. The van der Waals surface area contributed by atoms with Crippen LogP contribution in [0, 0.1) is 3.95 Å². The van der Waals surface area contributed by atoms with E-state index >= 15 is 0 Å². The van der Waals surface area contributed by atoms with Crippen molar-refractivity contribution >= 4 is 41.4 Å². The van der Waals surface area contributed by atoms with Crippen molar-refractivity contribution < 1.29 is 0 Å². The third kappa shape index (κ3) is 3.80. The molecule has 0 saturated heterocycles. The molecule has 0 unspecified atom stereocenters. The van der Waals surface area contributed by atoms with Crippen LogP contribution in [0.15, 0.2) is 35.2 Å². The molecule has 0 aliphatic heterocycles. The Morgan fingerprint density at radius 3 is 3.12 bits per heavy atom. The minimum absolute atomic E-state index is 0.737. The molecular weight excluding hydrogens is 268 g/mol. The fourth-order valence-corrected chi connectivity index (χ4v) is 3.55. The first kappa shape index (κ1) is 12.5. The predicted octanol–water partition coefficient (Wildman–Crippen LogP) is 4.18. The Balaban J connectivity index is 1.89. The smallest absolute Gasteiger partial charge is 0.177 e. The second kappa shape index (κ2) is 6.14. The molecule has 0 aliphatic rings. The van der Waals surface area contributed by atoms with Gasteiger partial charge in [0.25, 0.3) is 0 Å². The van der Waals surface area contributed by atoms with E-state index in [2.05, 4.69) is 41.0 Å². The van der Waals surface area contributed by atoms with E-state index in [1.165, 1.54) is 22.5 Å². The number of hydrogen-bond acceptors (Lipinski definition) is 4. The maximum atomic E-state index is 4.99. The van der Waals surface area contributed by atoms with Crippen molar-refractivity contribution in [3.8, 4) is 0 Å². The number of benzene rings is 1. The van der Waals surface area contributed by atoms with Crippen LogP contribution in [-0.2, 0) is 6.42 Å². The Morgan fingerprint density at radius 1 is 1.53 bits per heavy atom. The Kier molecular flexibility index (Phi) is 4.53. The SMILES string of the molecule is C=Cc1cccc(CCSc2n[nH]c(=S)s2)c1. The highest BCUT2D eigenvalue weighted by Crippen LogP contribution is 2.21. The lowest BCUT2D eigenvalue weighted by Crippen LogP contribution is -1.88. The van der Waals surface area contributed by atoms with Crippen LogP contribution in [-0.4, -0.2) is 16.0 Å². The first-order valence-corrected chi connectivity index (χ1v) is 7.38. The Morgan fingerprint density at radius 2 is 2.41 bits per heavy atom. The van der Waals surface area contributed by atoms with Crippen LogP contribution in [0.5, 0.6) is 0 Å². The molecule has 0 radical (unpaired) electrons. The molecule has 0 aliphatic carbocycles. The molecule has 0 saturated carbocycles. The van der Waals surface area contributed by atoms with Gasteiger partial charge in [0.05, 0.1) is 0 Å². The summed E-state index contributed by atoms with van der Waals surface area (Å²) in [6.45, 7) is 3.77. The third-order valence-electron chi connectivity index (χ3n) is 2.22. The van der Waals surface area contributed by atoms with Gasteiger partial charge >= 0.3 is 0 Å². The number of nitrogens with one attached hydrogen (secondary N) is 1. The van der Waals surface area contributed by atoms with Gasteiger partial charge in [-0.1, -0.05) is 60.0 Å². The maximum Gasteiger partial charge on any atom is 0.177 e. The number of H-pyrrole nitrogens is 1. The van der Waals surface area contributed by atoms with Gasteiger partial charge < -0.3 is 0 Å². The van der Waals surface area contributed by atoms with Crippen LogP contribution in [0.3, 0.4) is 0 Å². The highest BCUT2D eigenvalue weighted by atomic mass is 32.2. The van der Waals surface area contributed by atoms with Gasteiger partial charge in [0.1, 0.15) is 0 Å². The van der Waals surface area contributed by atoms with Crippen molar-refractivity contribution in [2.24, 2.45) is 0 Å². The summed E-state index contributed by atoms with van der Waals surface area (Å²) >= 11 is 8.24. The molecular formula is C12H12N2S3. The number of hydrogen-bond donors (Lipinski definition) is 1. The lowest BCUT2D eigenvalue weighted by atomic mass is 10.1. The minimum Gasteiger partial charge on any atom is -0.257 e. The fraction of sp³-hybridized carbons (Fsp3) is 0.167. The quantitative estimate of drug-likeness (QED) is 0.658. The topological polar surface area (TPSA) is 28.7 Å². The lowest BCUT2D eigenvalue weighted by molar-refractivity contribution is 1.00. The number of nitrogens with zero attached hydrogens (tertiary/aromatic N) is 1. The van der Waals surface area contributed by atoms with Gasteiger partial charge in [-0.2, -0.15) is 5.10 Å².